The summed E-state index contributed by atoms with van der Waals surface area (Å²) < 4.78 is 10.4. The van der Waals surface area contributed by atoms with Gasteiger partial charge in [0.25, 0.3) is 0 Å². The van der Waals surface area contributed by atoms with Crippen LogP contribution in [0.3, 0.4) is 0 Å². The van der Waals surface area contributed by atoms with Crippen molar-refractivity contribution in [1.82, 2.24) is 15.1 Å². The highest BCUT2D eigenvalue weighted by atomic mass is 16.6. The molecule has 0 saturated heterocycles. The minimum absolute atomic E-state index is 0.481. The number of hydrogen-bond donors (Lipinski definition) is 2. The Bertz CT molecular complexity index is 922. The topological polar surface area (TPSA) is 102 Å². The standard InChI is InChI=1S/C18H20N4O4/c1-18(2,3)26-17(24)20-22-16-13(7-4-8-14(16)19-21-22)15(23)10-9-12-6-5-11-25-12/h4-11,15,23H,1-3H3,(H,20,24)/b10-9+. The van der Waals surface area contributed by atoms with Crippen LogP contribution >= 0.6 is 0 Å². The third-order valence-corrected chi connectivity index (χ3v) is 3.40. The Morgan fingerprint density at radius 1 is 1.35 bits per heavy atom. The van der Waals surface area contributed by atoms with E-state index >= 15 is 0 Å². The van der Waals surface area contributed by atoms with E-state index in [2.05, 4.69) is 15.7 Å². The number of carbonyl (C=O) groups is 1. The summed E-state index contributed by atoms with van der Waals surface area (Å²) in [6, 6.07) is 8.77. The number of carbonyl (C=O) groups excluding carboxylic acids is 1. The summed E-state index contributed by atoms with van der Waals surface area (Å²) >= 11 is 0. The van der Waals surface area contributed by atoms with Crippen molar-refractivity contribution in [2.45, 2.75) is 32.5 Å². The number of furan rings is 1. The number of hydrogen-bond acceptors (Lipinski definition) is 6. The summed E-state index contributed by atoms with van der Waals surface area (Å²) in [6.07, 6.45) is 3.19. The van der Waals surface area contributed by atoms with E-state index in [0.29, 0.717) is 22.4 Å². The number of aliphatic hydroxyl groups is 1. The van der Waals surface area contributed by atoms with E-state index in [0.717, 1.165) is 0 Å². The van der Waals surface area contributed by atoms with Gasteiger partial charge in [0.15, 0.2) is 0 Å². The molecule has 1 aromatic carbocycles. The van der Waals surface area contributed by atoms with E-state index in [1.165, 1.54) is 4.79 Å². The molecule has 136 valence electrons. The number of nitrogens with one attached hydrogen (secondary N) is 1. The normalized spacial score (nSPS) is 13.2. The van der Waals surface area contributed by atoms with Gasteiger partial charge in [-0.25, -0.2) is 10.2 Å². The van der Waals surface area contributed by atoms with Gasteiger partial charge in [-0.2, -0.15) is 0 Å². The van der Waals surface area contributed by atoms with Gasteiger partial charge in [-0.1, -0.05) is 12.1 Å². The van der Waals surface area contributed by atoms with Crippen molar-refractivity contribution in [2.75, 3.05) is 5.43 Å². The first kappa shape index (κ1) is 17.7. The lowest BCUT2D eigenvalue weighted by Crippen LogP contribution is -2.32. The lowest BCUT2D eigenvalue weighted by molar-refractivity contribution is 0.0610. The maximum absolute atomic E-state index is 12.0. The molecule has 0 spiro atoms. The molecule has 8 nitrogen and oxygen atoms in total. The SMILES string of the molecule is CC(C)(C)OC(=O)Nn1nnc2cccc(C(O)/C=C/c3ccco3)c21. The molecular weight excluding hydrogens is 336 g/mol. The Labute approximate surface area is 150 Å². The molecule has 0 radical (unpaired) electrons. The molecule has 3 aromatic rings. The number of nitrogens with zero attached hydrogens (tertiary/aromatic N) is 3. The van der Waals surface area contributed by atoms with Crippen LogP contribution in [0.2, 0.25) is 0 Å². The average Bonchev–Trinajstić information content (AvgIpc) is 3.20. The lowest BCUT2D eigenvalue weighted by atomic mass is 10.1. The summed E-state index contributed by atoms with van der Waals surface area (Å²) in [7, 11) is 0. The monoisotopic (exact) mass is 356 g/mol. The van der Waals surface area contributed by atoms with Crippen molar-refractivity contribution in [3.05, 3.63) is 54.0 Å². The van der Waals surface area contributed by atoms with Crippen molar-refractivity contribution in [2.24, 2.45) is 0 Å². The van der Waals surface area contributed by atoms with Crippen LogP contribution in [0, 0.1) is 0 Å². The fourth-order valence-electron chi connectivity index (χ4n) is 2.38. The molecule has 2 N–H and O–H groups in total. The van der Waals surface area contributed by atoms with Crippen LogP contribution in [-0.2, 0) is 4.74 Å². The zero-order valence-electron chi connectivity index (χ0n) is 14.7. The van der Waals surface area contributed by atoms with Crippen LogP contribution in [0.15, 0.2) is 47.1 Å². The highest BCUT2D eigenvalue weighted by Crippen LogP contribution is 2.24. The lowest BCUT2D eigenvalue weighted by Gasteiger charge is -2.19. The molecule has 0 saturated carbocycles. The van der Waals surface area contributed by atoms with Crippen LogP contribution in [0.5, 0.6) is 0 Å². The first-order chi connectivity index (χ1) is 12.3. The highest BCUT2D eigenvalue weighted by Gasteiger charge is 2.19. The Kier molecular flexibility index (Phi) is 4.77. The van der Waals surface area contributed by atoms with E-state index in [1.54, 1.807) is 69.5 Å². The summed E-state index contributed by atoms with van der Waals surface area (Å²) in [5, 5.41) is 18.5. The van der Waals surface area contributed by atoms with Crippen LogP contribution in [0.4, 0.5) is 4.79 Å². The molecule has 1 unspecified atom stereocenters. The third-order valence-electron chi connectivity index (χ3n) is 3.40. The summed E-state index contributed by atoms with van der Waals surface area (Å²) in [5.74, 6) is 0.620. The Morgan fingerprint density at radius 2 is 2.15 bits per heavy atom. The molecular formula is C18H20N4O4. The van der Waals surface area contributed by atoms with Gasteiger partial charge in [0, 0.05) is 5.56 Å². The number of amides is 1. The van der Waals surface area contributed by atoms with Crippen molar-refractivity contribution < 1.29 is 19.1 Å². The zero-order valence-corrected chi connectivity index (χ0v) is 14.7. The van der Waals surface area contributed by atoms with Crippen molar-refractivity contribution >= 4 is 23.2 Å². The van der Waals surface area contributed by atoms with Gasteiger partial charge in [-0.15, -0.1) is 9.89 Å². The minimum Gasteiger partial charge on any atom is -0.465 e. The Balaban J connectivity index is 1.89. The Hall–Kier alpha value is -3.13. The number of para-hydroxylation sites is 1. The van der Waals surface area contributed by atoms with Gasteiger partial charge in [-0.3, -0.25) is 0 Å². The van der Waals surface area contributed by atoms with Crippen molar-refractivity contribution in [3.63, 3.8) is 0 Å². The number of ether oxygens (including phenoxy) is 1. The highest BCUT2D eigenvalue weighted by molar-refractivity contribution is 5.83. The molecule has 0 bridgehead atoms. The van der Waals surface area contributed by atoms with Gasteiger partial charge in [0.2, 0.25) is 0 Å². The van der Waals surface area contributed by atoms with Crippen LogP contribution in [0.1, 0.15) is 38.2 Å². The van der Waals surface area contributed by atoms with Crippen molar-refractivity contribution in [3.8, 4) is 0 Å². The summed E-state index contributed by atoms with van der Waals surface area (Å²) in [5.41, 5.74) is 3.42. The summed E-state index contributed by atoms with van der Waals surface area (Å²) in [6.45, 7) is 5.29. The van der Waals surface area contributed by atoms with Gasteiger partial charge in [0.1, 0.15) is 22.4 Å². The number of fused-ring (bicyclic) bond motifs is 1. The molecule has 8 heteroatoms. The number of aliphatic hydroxyl groups excluding tert-OH is 1. The average molecular weight is 356 g/mol. The first-order valence-electron chi connectivity index (χ1n) is 8.07. The molecule has 0 aliphatic rings. The molecule has 0 aliphatic carbocycles. The van der Waals surface area contributed by atoms with E-state index < -0.39 is 17.8 Å². The van der Waals surface area contributed by atoms with E-state index in [-0.39, 0.29) is 0 Å². The van der Waals surface area contributed by atoms with Crippen LogP contribution in [0.25, 0.3) is 17.1 Å². The molecule has 3 rings (SSSR count). The fourth-order valence-corrected chi connectivity index (χ4v) is 2.38. The van der Waals surface area contributed by atoms with E-state index in [9.17, 15) is 9.90 Å². The zero-order chi connectivity index (χ0) is 18.7. The second-order valence-corrected chi connectivity index (χ2v) is 6.65. The van der Waals surface area contributed by atoms with Crippen LogP contribution in [-0.4, -0.2) is 31.9 Å². The predicted molar refractivity (Wildman–Crippen MR) is 95.8 cm³/mol. The van der Waals surface area contributed by atoms with Crippen LogP contribution < -0.4 is 5.43 Å². The van der Waals surface area contributed by atoms with Gasteiger partial charge in [0.05, 0.1) is 12.4 Å². The maximum Gasteiger partial charge on any atom is 0.428 e. The van der Waals surface area contributed by atoms with Gasteiger partial charge >= 0.3 is 6.09 Å². The third kappa shape index (κ3) is 4.09. The fraction of sp³-hybridized carbons (Fsp3) is 0.278. The van der Waals surface area contributed by atoms with E-state index in [4.69, 9.17) is 9.15 Å². The second kappa shape index (κ2) is 7.01. The number of rotatable bonds is 4. The molecule has 2 heterocycles. The van der Waals surface area contributed by atoms with Gasteiger partial charge in [-0.05, 0) is 56.3 Å². The molecule has 0 fully saturated rings. The smallest absolute Gasteiger partial charge is 0.428 e. The second-order valence-electron chi connectivity index (χ2n) is 6.65. The quantitative estimate of drug-likeness (QED) is 0.744. The molecule has 0 aliphatic heterocycles. The van der Waals surface area contributed by atoms with Crippen molar-refractivity contribution in [1.29, 1.82) is 0 Å². The number of aromatic nitrogens is 3. The molecule has 1 amide bonds. The summed E-state index contributed by atoms with van der Waals surface area (Å²) in [4.78, 5) is 13.2. The molecule has 26 heavy (non-hydrogen) atoms. The molecule has 1 atom stereocenters. The Morgan fingerprint density at radius 3 is 2.85 bits per heavy atom. The largest absolute Gasteiger partial charge is 0.465 e. The minimum atomic E-state index is -0.943. The number of benzene rings is 1. The predicted octanol–water partition coefficient (Wildman–Crippen LogP) is 3.25. The first-order valence-corrected chi connectivity index (χ1v) is 8.07. The van der Waals surface area contributed by atoms with Gasteiger partial charge < -0.3 is 14.3 Å². The molecule has 2 aromatic heterocycles. The maximum atomic E-state index is 12.0. The van der Waals surface area contributed by atoms with E-state index in [1.807, 2.05) is 0 Å².